The molecule has 1 aliphatic heterocycles. The van der Waals surface area contributed by atoms with E-state index in [0.29, 0.717) is 48.0 Å². The van der Waals surface area contributed by atoms with Crippen LogP contribution in [0.2, 0.25) is 5.02 Å². The molecule has 0 saturated heterocycles. The summed E-state index contributed by atoms with van der Waals surface area (Å²) in [4.78, 5) is 31.0. The topological polar surface area (TPSA) is 49.9 Å². The lowest BCUT2D eigenvalue weighted by atomic mass is 10.0. The minimum Gasteiger partial charge on any atom is -0.491 e. The molecule has 194 valence electrons. The number of halogens is 1. The first-order valence-corrected chi connectivity index (χ1v) is 13.6. The van der Waals surface area contributed by atoms with Gasteiger partial charge in [0.05, 0.1) is 11.6 Å². The number of nitrogens with zero attached hydrogens (tertiary/aromatic N) is 2. The largest absolute Gasteiger partial charge is 0.491 e. The summed E-state index contributed by atoms with van der Waals surface area (Å²) < 4.78 is 6.35. The van der Waals surface area contributed by atoms with Gasteiger partial charge in [-0.3, -0.25) is 9.59 Å². The lowest BCUT2D eigenvalue weighted by Gasteiger charge is -2.33. The van der Waals surface area contributed by atoms with Gasteiger partial charge in [-0.05, 0) is 68.1 Å². The third kappa shape index (κ3) is 7.14. The Morgan fingerprint density at radius 2 is 1.57 bits per heavy atom. The van der Waals surface area contributed by atoms with Crippen LogP contribution in [-0.4, -0.2) is 53.9 Å². The monoisotopic (exact) mass is 518 g/mol. The van der Waals surface area contributed by atoms with E-state index in [1.807, 2.05) is 59.2 Å². The van der Waals surface area contributed by atoms with Crippen molar-refractivity contribution in [3.63, 3.8) is 0 Å². The van der Waals surface area contributed by atoms with Gasteiger partial charge in [0.1, 0.15) is 12.4 Å². The van der Waals surface area contributed by atoms with E-state index in [-0.39, 0.29) is 24.5 Å². The van der Waals surface area contributed by atoms with Gasteiger partial charge in [0.25, 0.3) is 11.8 Å². The highest BCUT2D eigenvalue weighted by molar-refractivity contribution is 6.30. The van der Waals surface area contributed by atoms with Crippen LogP contribution in [0.3, 0.4) is 0 Å². The Labute approximate surface area is 225 Å². The summed E-state index contributed by atoms with van der Waals surface area (Å²) in [5.74, 6) is 0.513. The van der Waals surface area contributed by atoms with Crippen molar-refractivity contribution in [2.45, 2.75) is 45.1 Å². The molecular formula is C31H35ClN2O3. The molecule has 0 aliphatic carbocycles. The van der Waals surface area contributed by atoms with Crippen LogP contribution in [-0.2, 0) is 6.42 Å². The molecule has 2 amide bonds. The van der Waals surface area contributed by atoms with E-state index < -0.39 is 0 Å². The Hall–Kier alpha value is -3.31. The molecule has 1 heterocycles. The van der Waals surface area contributed by atoms with Gasteiger partial charge < -0.3 is 14.5 Å². The van der Waals surface area contributed by atoms with Crippen LogP contribution in [0.1, 0.15) is 58.9 Å². The minimum atomic E-state index is -0.209. The second-order valence-corrected chi connectivity index (χ2v) is 9.89. The number of ether oxygens (including phenoxy) is 1. The highest BCUT2D eigenvalue weighted by Crippen LogP contribution is 2.24. The fraction of sp³-hybridized carbons (Fsp3) is 0.355. The summed E-state index contributed by atoms with van der Waals surface area (Å²) in [6.45, 7) is 4.31. The molecule has 0 radical (unpaired) electrons. The summed E-state index contributed by atoms with van der Waals surface area (Å²) >= 11 is 6.09. The number of benzene rings is 3. The Bertz CT molecular complexity index is 1170. The number of hydrogen-bond acceptors (Lipinski definition) is 3. The van der Waals surface area contributed by atoms with Crippen molar-refractivity contribution in [2.24, 2.45) is 0 Å². The minimum absolute atomic E-state index is 0.0103. The van der Waals surface area contributed by atoms with Gasteiger partial charge in [-0.25, -0.2) is 0 Å². The number of para-hydroxylation sites is 1. The maximum Gasteiger partial charge on any atom is 0.257 e. The number of carbonyl (C=O) groups excluding carboxylic acids is 2. The van der Waals surface area contributed by atoms with Gasteiger partial charge in [-0.15, -0.1) is 0 Å². The summed E-state index contributed by atoms with van der Waals surface area (Å²) in [5.41, 5.74) is 2.31. The van der Waals surface area contributed by atoms with E-state index >= 15 is 0 Å². The Morgan fingerprint density at radius 1 is 0.892 bits per heavy atom. The van der Waals surface area contributed by atoms with Crippen LogP contribution in [0.5, 0.6) is 5.75 Å². The van der Waals surface area contributed by atoms with Crippen LogP contribution < -0.4 is 4.74 Å². The molecule has 6 heteroatoms. The average Bonchev–Trinajstić information content (AvgIpc) is 2.93. The molecule has 3 aromatic carbocycles. The van der Waals surface area contributed by atoms with E-state index in [1.165, 1.54) is 0 Å². The van der Waals surface area contributed by atoms with Crippen molar-refractivity contribution in [2.75, 3.05) is 26.2 Å². The van der Waals surface area contributed by atoms with Crippen LogP contribution in [0.25, 0.3) is 0 Å². The van der Waals surface area contributed by atoms with E-state index in [2.05, 4.69) is 12.1 Å². The Balaban J connectivity index is 1.68. The molecule has 0 unspecified atom stereocenters. The second-order valence-electron chi connectivity index (χ2n) is 9.46. The fourth-order valence-electron chi connectivity index (χ4n) is 4.82. The van der Waals surface area contributed by atoms with Crippen molar-refractivity contribution >= 4 is 23.4 Å². The standard InChI is InChI=1S/C31H35ClN2O3/c1-2-33-20-10-3-4-11-21-34(30(35)25-16-18-26(32)19-17-25)27(22-24-12-6-5-7-13-24)23-37-29-15-9-8-14-28(29)31(33)36/h5-9,12-19,27H,2-4,10-11,20-23H2,1H3/t27-/m1/s1. The first-order valence-electron chi connectivity index (χ1n) is 13.2. The van der Waals surface area contributed by atoms with Gasteiger partial charge >= 0.3 is 0 Å². The van der Waals surface area contributed by atoms with Crippen molar-refractivity contribution in [3.8, 4) is 5.75 Å². The van der Waals surface area contributed by atoms with Gasteiger partial charge in [0.2, 0.25) is 0 Å². The zero-order valence-corrected chi connectivity index (χ0v) is 22.2. The molecule has 1 atom stereocenters. The van der Waals surface area contributed by atoms with E-state index in [1.54, 1.807) is 24.3 Å². The Kier molecular flexibility index (Phi) is 9.61. The van der Waals surface area contributed by atoms with Crippen molar-refractivity contribution in [1.82, 2.24) is 9.80 Å². The predicted octanol–water partition coefficient (Wildman–Crippen LogP) is 6.51. The van der Waals surface area contributed by atoms with Crippen LogP contribution >= 0.6 is 11.6 Å². The van der Waals surface area contributed by atoms with Crippen LogP contribution in [0.4, 0.5) is 0 Å². The second kappa shape index (κ2) is 13.3. The van der Waals surface area contributed by atoms with Gasteiger partial charge in [-0.2, -0.15) is 0 Å². The number of rotatable bonds is 4. The van der Waals surface area contributed by atoms with Crippen LogP contribution in [0.15, 0.2) is 78.9 Å². The SMILES string of the molecule is CCN1CCCCCCN(C(=O)c2ccc(Cl)cc2)[C@H](Cc2ccccc2)COc2ccccc2C1=O. The fourth-order valence-corrected chi connectivity index (χ4v) is 4.95. The normalized spacial score (nSPS) is 17.5. The number of fused-ring (bicyclic) bond motifs is 1. The molecule has 0 bridgehead atoms. The molecule has 0 saturated carbocycles. The smallest absolute Gasteiger partial charge is 0.257 e. The first kappa shape index (κ1) is 26.7. The predicted molar refractivity (Wildman–Crippen MR) is 148 cm³/mol. The summed E-state index contributed by atoms with van der Waals surface area (Å²) in [5, 5.41) is 0.601. The summed E-state index contributed by atoms with van der Waals surface area (Å²) in [7, 11) is 0. The Morgan fingerprint density at radius 3 is 2.30 bits per heavy atom. The maximum absolute atomic E-state index is 13.8. The molecular weight excluding hydrogens is 484 g/mol. The third-order valence-corrected chi connectivity index (χ3v) is 7.15. The summed E-state index contributed by atoms with van der Waals surface area (Å²) in [6, 6.07) is 24.5. The molecule has 0 spiro atoms. The van der Waals surface area contributed by atoms with E-state index in [4.69, 9.17) is 16.3 Å². The van der Waals surface area contributed by atoms with Gasteiger partial charge in [0.15, 0.2) is 0 Å². The lowest BCUT2D eigenvalue weighted by Crippen LogP contribution is -2.45. The highest BCUT2D eigenvalue weighted by atomic mass is 35.5. The molecule has 37 heavy (non-hydrogen) atoms. The molecule has 1 aliphatic rings. The number of hydrogen-bond donors (Lipinski definition) is 0. The molecule has 5 nitrogen and oxygen atoms in total. The molecule has 4 rings (SSSR count). The zero-order chi connectivity index (χ0) is 26.0. The van der Waals surface area contributed by atoms with Crippen LogP contribution in [0, 0.1) is 0 Å². The van der Waals surface area contributed by atoms with Crippen molar-refractivity contribution < 1.29 is 14.3 Å². The van der Waals surface area contributed by atoms with E-state index in [0.717, 1.165) is 31.2 Å². The average molecular weight is 519 g/mol. The van der Waals surface area contributed by atoms with Gasteiger partial charge in [-0.1, -0.05) is 66.9 Å². The van der Waals surface area contributed by atoms with E-state index in [9.17, 15) is 9.59 Å². The molecule has 0 N–H and O–H groups in total. The quantitative estimate of drug-likeness (QED) is 0.395. The molecule has 0 fully saturated rings. The molecule has 0 aromatic heterocycles. The lowest BCUT2D eigenvalue weighted by molar-refractivity contribution is 0.0597. The van der Waals surface area contributed by atoms with Crippen molar-refractivity contribution in [1.29, 1.82) is 0 Å². The number of amides is 2. The maximum atomic E-state index is 13.8. The molecule has 3 aromatic rings. The third-order valence-electron chi connectivity index (χ3n) is 6.90. The van der Waals surface area contributed by atoms with Crippen molar-refractivity contribution in [3.05, 3.63) is 101 Å². The first-order chi connectivity index (χ1) is 18.1. The highest BCUT2D eigenvalue weighted by Gasteiger charge is 2.27. The number of carbonyl (C=O) groups is 2. The van der Waals surface area contributed by atoms with Gasteiger partial charge in [0, 0.05) is 30.2 Å². The summed E-state index contributed by atoms with van der Waals surface area (Å²) in [6.07, 6.45) is 4.47. The zero-order valence-electron chi connectivity index (χ0n) is 21.4.